The highest BCUT2D eigenvalue weighted by Gasteiger charge is 2.22. The monoisotopic (exact) mass is 435 g/mol. The molecule has 1 aromatic carbocycles. The Labute approximate surface area is 183 Å². The molecule has 32 heavy (non-hydrogen) atoms. The number of amides is 4. The van der Waals surface area contributed by atoms with Crippen LogP contribution in [0.25, 0.3) is 0 Å². The maximum atomic E-state index is 12.8. The van der Waals surface area contributed by atoms with Gasteiger partial charge >= 0.3 is 0 Å². The van der Waals surface area contributed by atoms with E-state index in [-0.39, 0.29) is 23.4 Å². The Hall–Kier alpha value is -4.47. The van der Waals surface area contributed by atoms with Crippen molar-refractivity contribution in [1.82, 2.24) is 21.2 Å². The lowest BCUT2D eigenvalue weighted by atomic mass is 10.1. The molecule has 4 amide bonds. The quantitative estimate of drug-likeness (QED) is 0.418. The number of hydrogen-bond donors (Lipinski definition) is 4. The van der Waals surface area contributed by atoms with Gasteiger partial charge in [-0.3, -0.25) is 35.0 Å². The third-order valence-electron chi connectivity index (χ3n) is 4.44. The molecule has 0 saturated carbocycles. The minimum Gasteiger partial charge on any atom is -0.459 e. The van der Waals surface area contributed by atoms with Crippen molar-refractivity contribution in [2.45, 2.75) is 19.4 Å². The first kappa shape index (κ1) is 22.2. The maximum Gasteiger partial charge on any atom is 0.291 e. The first-order valence-corrected chi connectivity index (χ1v) is 9.74. The molecule has 0 aliphatic rings. The Balaban J connectivity index is 1.63. The fraction of sp³-hybridized carbons (Fsp3) is 0.136. The highest BCUT2D eigenvalue weighted by atomic mass is 16.3. The Morgan fingerprint density at radius 3 is 2.34 bits per heavy atom. The normalized spacial score (nSPS) is 11.2. The predicted octanol–water partition coefficient (Wildman–Crippen LogP) is 1.90. The van der Waals surface area contributed by atoms with Gasteiger partial charge in [-0.25, -0.2) is 0 Å². The minimum absolute atomic E-state index is 0.0935. The van der Waals surface area contributed by atoms with Crippen molar-refractivity contribution in [2.24, 2.45) is 0 Å². The van der Waals surface area contributed by atoms with Gasteiger partial charge in [0.05, 0.1) is 17.5 Å². The van der Waals surface area contributed by atoms with E-state index in [1.54, 1.807) is 31.2 Å². The molecule has 0 aliphatic heterocycles. The highest BCUT2D eigenvalue weighted by Crippen LogP contribution is 2.17. The van der Waals surface area contributed by atoms with Crippen LogP contribution in [0.5, 0.6) is 0 Å². The SMILES string of the molecule is CC[C@H](NC(=O)c1ccccc1NC(=O)c1ccco1)C(=O)NNC(=O)c1ccncc1. The summed E-state index contributed by atoms with van der Waals surface area (Å²) < 4.78 is 5.06. The number of aromatic nitrogens is 1. The van der Waals surface area contributed by atoms with Gasteiger partial charge in [0.1, 0.15) is 6.04 Å². The molecule has 4 N–H and O–H groups in total. The van der Waals surface area contributed by atoms with E-state index < -0.39 is 29.7 Å². The third-order valence-corrected chi connectivity index (χ3v) is 4.44. The van der Waals surface area contributed by atoms with E-state index in [2.05, 4.69) is 26.5 Å². The van der Waals surface area contributed by atoms with Crippen LogP contribution in [0, 0.1) is 0 Å². The van der Waals surface area contributed by atoms with Gasteiger partial charge in [-0.1, -0.05) is 19.1 Å². The van der Waals surface area contributed by atoms with Crippen molar-refractivity contribution in [3.05, 3.63) is 84.1 Å². The van der Waals surface area contributed by atoms with Crippen molar-refractivity contribution >= 4 is 29.3 Å². The van der Waals surface area contributed by atoms with Crippen LogP contribution in [0.4, 0.5) is 5.69 Å². The second-order valence-electron chi connectivity index (χ2n) is 6.59. The molecular weight excluding hydrogens is 414 g/mol. The van der Waals surface area contributed by atoms with Crippen LogP contribution in [-0.2, 0) is 4.79 Å². The molecule has 0 saturated heterocycles. The van der Waals surface area contributed by atoms with Gasteiger partial charge in [0.2, 0.25) is 0 Å². The molecule has 10 heteroatoms. The summed E-state index contributed by atoms with van der Waals surface area (Å²) in [6.07, 6.45) is 4.54. The minimum atomic E-state index is -0.922. The predicted molar refractivity (Wildman–Crippen MR) is 114 cm³/mol. The zero-order chi connectivity index (χ0) is 22.9. The van der Waals surface area contributed by atoms with Crippen LogP contribution in [0.2, 0.25) is 0 Å². The van der Waals surface area contributed by atoms with E-state index in [0.29, 0.717) is 5.56 Å². The summed E-state index contributed by atoms with van der Waals surface area (Å²) in [5.74, 6) is -2.11. The second kappa shape index (κ2) is 10.5. The molecule has 0 fully saturated rings. The summed E-state index contributed by atoms with van der Waals surface area (Å²) in [6.45, 7) is 1.71. The number of rotatable bonds is 7. The average molecular weight is 435 g/mol. The zero-order valence-electron chi connectivity index (χ0n) is 17.1. The average Bonchev–Trinajstić information content (AvgIpc) is 3.37. The number of nitrogens with zero attached hydrogens (tertiary/aromatic N) is 1. The summed E-state index contributed by atoms with van der Waals surface area (Å²) in [6, 6.07) is 11.5. The fourth-order valence-corrected chi connectivity index (χ4v) is 2.75. The van der Waals surface area contributed by atoms with E-state index in [4.69, 9.17) is 4.42 Å². The number of carbonyl (C=O) groups is 4. The molecule has 2 heterocycles. The number of benzene rings is 1. The first-order valence-electron chi connectivity index (χ1n) is 9.74. The molecule has 164 valence electrons. The molecule has 3 rings (SSSR count). The molecule has 0 unspecified atom stereocenters. The van der Waals surface area contributed by atoms with Gasteiger partial charge in [0.15, 0.2) is 5.76 Å². The lowest BCUT2D eigenvalue weighted by Gasteiger charge is -2.18. The van der Waals surface area contributed by atoms with E-state index in [1.807, 2.05) is 0 Å². The number of furan rings is 1. The summed E-state index contributed by atoms with van der Waals surface area (Å²) in [4.78, 5) is 53.4. The van der Waals surface area contributed by atoms with E-state index in [0.717, 1.165) is 0 Å². The largest absolute Gasteiger partial charge is 0.459 e. The van der Waals surface area contributed by atoms with Crippen molar-refractivity contribution < 1.29 is 23.6 Å². The van der Waals surface area contributed by atoms with Crippen LogP contribution >= 0.6 is 0 Å². The van der Waals surface area contributed by atoms with E-state index >= 15 is 0 Å². The van der Waals surface area contributed by atoms with Crippen LogP contribution < -0.4 is 21.5 Å². The molecule has 0 spiro atoms. The Morgan fingerprint density at radius 1 is 0.906 bits per heavy atom. The third kappa shape index (κ3) is 5.57. The lowest BCUT2D eigenvalue weighted by Crippen LogP contribution is -2.52. The molecule has 10 nitrogen and oxygen atoms in total. The Bertz CT molecular complexity index is 1100. The van der Waals surface area contributed by atoms with Gasteiger partial charge in [0.25, 0.3) is 23.6 Å². The van der Waals surface area contributed by atoms with Crippen LogP contribution in [-0.4, -0.2) is 34.7 Å². The smallest absolute Gasteiger partial charge is 0.291 e. The van der Waals surface area contributed by atoms with Gasteiger partial charge in [-0.2, -0.15) is 0 Å². The number of para-hydroxylation sites is 1. The summed E-state index contributed by atoms with van der Waals surface area (Å²) >= 11 is 0. The maximum absolute atomic E-state index is 12.8. The van der Waals surface area contributed by atoms with E-state index in [1.165, 1.54) is 42.9 Å². The first-order chi connectivity index (χ1) is 15.5. The molecular formula is C22H21N5O5. The topological polar surface area (TPSA) is 142 Å². The van der Waals surface area contributed by atoms with Gasteiger partial charge in [0, 0.05) is 18.0 Å². The number of anilines is 1. The Morgan fingerprint density at radius 2 is 1.66 bits per heavy atom. The summed E-state index contributed by atoms with van der Waals surface area (Å²) in [5, 5.41) is 5.22. The van der Waals surface area contributed by atoms with Crippen molar-refractivity contribution in [2.75, 3.05) is 5.32 Å². The second-order valence-corrected chi connectivity index (χ2v) is 6.59. The summed E-state index contributed by atoms with van der Waals surface area (Å²) in [5.41, 5.74) is 5.33. The fourth-order valence-electron chi connectivity index (χ4n) is 2.75. The molecule has 0 bridgehead atoms. The van der Waals surface area contributed by atoms with Gasteiger partial charge < -0.3 is 15.1 Å². The van der Waals surface area contributed by atoms with Crippen molar-refractivity contribution in [3.63, 3.8) is 0 Å². The number of hydrazine groups is 1. The zero-order valence-corrected chi connectivity index (χ0v) is 17.1. The molecule has 2 aromatic heterocycles. The van der Waals surface area contributed by atoms with Crippen LogP contribution in [0.15, 0.2) is 71.6 Å². The van der Waals surface area contributed by atoms with E-state index in [9.17, 15) is 19.2 Å². The standard InChI is InChI=1S/C22H21N5O5/c1-2-16(21(30)27-26-19(28)14-9-11-23-12-10-14)24-20(29)15-6-3-4-7-17(15)25-22(31)18-8-5-13-32-18/h3-13,16H,2H2,1H3,(H,24,29)(H,25,31)(H,26,28)(H,27,30)/t16-/m0/s1. The molecule has 0 radical (unpaired) electrons. The van der Waals surface area contributed by atoms with Gasteiger partial charge in [-0.05, 0) is 42.8 Å². The van der Waals surface area contributed by atoms with Gasteiger partial charge in [-0.15, -0.1) is 0 Å². The van der Waals surface area contributed by atoms with Crippen LogP contribution in [0.1, 0.15) is 44.6 Å². The van der Waals surface area contributed by atoms with Crippen molar-refractivity contribution in [3.8, 4) is 0 Å². The number of carbonyl (C=O) groups excluding carboxylic acids is 4. The number of pyridine rings is 1. The van der Waals surface area contributed by atoms with Crippen LogP contribution in [0.3, 0.4) is 0 Å². The summed E-state index contributed by atoms with van der Waals surface area (Å²) in [7, 11) is 0. The molecule has 1 atom stereocenters. The number of nitrogens with one attached hydrogen (secondary N) is 4. The lowest BCUT2D eigenvalue weighted by molar-refractivity contribution is -0.123. The Kier molecular flexibility index (Phi) is 7.31. The van der Waals surface area contributed by atoms with Crippen molar-refractivity contribution in [1.29, 1.82) is 0 Å². The molecule has 3 aromatic rings. The number of hydrogen-bond acceptors (Lipinski definition) is 6. The molecule has 0 aliphatic carbocycles. The highest BCUT2D eigenvalue weighted by molar-refractivity contribution is 6.08.